The molecule has 9 heterocycles. The molecule has 3 saturated heterocycles. The number of rotatable bonds is 15. The van der Waals surface area contributed by atoms with Crippen LogP contribution in [0.15, 0.2) is 52.0 Å². The third-order valence-electron chi connectivity index (χ3n) is 12.2. The van der Waals surface area contributed by atoms with Gasteiger partial charge in [0.05, 0.1) is 106 Å². The van der Waals surface area contributed by atoms with Crippen LogP contribution in [0.2, 0.25) is 0 Å². The molecule has 0 amide bonds. The summed E-state index contributed by atoms with van der Waals surface area (Å²) in [5, 5.41) is 69.9. The number of nitrogens with zero attached hydrogens (tertiary/aromatic N) is 3. The first-order chi connectivity index (χ1) is 33.9. The van der Waals surface area contributed by atoms with Gasteiger partial charge in [-0.25, -0.2) is 15.0 Å². The summed E-state index contributed by atoms with van der Waals surface area (Å²) < 4.78 is 52.2. The van der Waals surface area contributed by atoms with E-state index in [9.17, 15) is 58.7 Å². The fourth-order valence-corrected chi connectivity index (χ4v) is 10.4. The van der Waals surface area contributed by atoms with Crippen molar-refractivity contribution in [1.29, 1.82) is 0 Å². The van der Waals surface area contributed by atoms with E-state index < -0.39 is 94.3 Å². The van der Waals surface area contributed by atoms with Gasteiger partial charge in [-0.2, -0.15) is 0 Å². The number of hydrogen-bond donors (Lipinski definition) is 15. The van der Waals surface area contributed by atoms with Crippen LogP contribution in [0, 0.1) is 0 Å². The van der Waals surface area contributed by atoms with E-state index in [0.29, 0.717) is 49.8 Å². The van der Waals surface area contributed by atoms with Crippen molar-refractivity contribution in [3.8, 4) is 0 Å². The third kappa shape index (κ3) is 12.5. The van der Waals surface area contributed by atoms with Crippen LogP contribution in [-0.4, -0.2) is 209 Å². The molecule has 30 heteroatoms. The normalized spacial score (nSPS) is 27.8. The minimum absolute atomic E-state index is 0.0153. The maximum atomic E-state index is 11.9. The Morgan fingerprint density at radius 1 is 0.486 bits per heavy atom. The van der Waals surface area contributed by atoms with E-state index in [0.717, 1.165) is 0 Å². The van der Waals surface area contributed by atoms with Crippen molar-refractivity contribution in [2.75, 3.05) is 78.9 Å². The zero-order chi connectivity index (χ0) is 52.4. The SMILES string of the molecule is CP(C)(=O)COC[C@H]1N[C@@H](c2c[nH]c3c(=O)[nH]cnc23)[C@H](O)[C@@H]1O.CP(C)(=O)CO[C@@H]1[C@H](O)[C@@H](CO)N[C@H]1c1c[nH]c2c(=O)[nH]cnc12.CP(C)(=O)CO[C@H]1[C@@H](O)[C@H](c2c[nH]c3c(=O)[nH]cnc23)N[C@@H]1CO. The molecule has 72 heavy (non-hydrogen) atoms. The standard InChI is InChI=1S/3C14H21N4O5P/c1-24(2,22)6-23-13-8(4-19)18-10(12(13)20)7-3-15-11-9(7)16-5-17-14(11)21;1-24(2,22)6-23-4-8-12(19)13(20)10(18-8)7-3-15-11-9(7)16-5-17-14(11)21;1-24(2,22)6-23-13-10(18-8(4-19)12(13)20)7-3-15-11-9(7)16-5-17-14(11)21/h3*3,5,8,10,12-13,15,18-20H,4,6H2,1-2H3,(H,16,17,21)/t8-,10+,12+,13-;2*8-,10+,12-,13+/m111/s1. The highest BCUT2D eigenvalue weighted by atomic mass is 31.2. The maximum absolute atomic E-state index is 11.9. The number of H-pyrrole nitrogens is 6. The molecule has 0 aliphatic carbocycles. The topological polar surface area (TPSA) is 421 Å². The van der Waals surface area contributed by atoms with Gasteiger partial charge in [0.25, 0.3) is 16.7 Å². The zero-order valence-corrected chi connectivity index (χ0v) is 42.9. The maximum Gasteiger partial charge on any atom is 0.275 e. The molecule has 6 aromatic rings. The highest BCUT2D eigenvalue weighted by Gasteiger charge is 2.47. The van der Waals surface area contributed by atoms with Crippen molar-refractivity contribution in [2.45, 2.75) is 72.9 Å². The monoisotopic (exact) mass is 1070 g/mol. The Morgan fingerprint density at radius 2 is 0.875 bits per heavy atom. The first-order valence-corrected chi connectivity index (χ1v) is 31.1. The number of hydrogen-bond acceptors (Lipinski definition) is 21. The average molecular weight is 1070 g/mol. The van der Waals surface area contributed by atoms with Gasteiger partial charge in [0, 0.05) is 35.3 Å². The van der Waals surface area contributed by atoms with Gasteiger partial charge in [-0.3, -0.25) is 14.4 Å². The molecule has 9 rings (SSSR count). The van der Waals surface area contributed by atoms with Crippen molar-refractivity contribution in [2.24, 2.45) is 0 Å². The van der Waals surface area contributed by atoms with E-state index in [-0.39, 0.29) is 55.5 Å². The van der Waals surface area contributed by atoms with Crippen LogP contribution < -0.4 is 32.6 Å². The Bertz CT molecular complexity index is 3140. The molecular weight excluding hydrogens is 1010 g/mol. The molecule has 3 aliphatic rings. The highest BCUT2D eigenvalue weighted by molar-refractivity contribution is 7.62. The second-order valence-electron chi connectivity index (χ2n) is 19.4. The lowest BCUT2D eigenvalue weighted by molar-refractivity contribution is -0.0199. The molecule has 27 nitrogen and oxygen atoms in total. The zero-order valence-electron chi connectivity index (χ0n) is 40.2. The lowest BCUT2D eigenvalue weighted by Crippen LogP contribution is -2.38. The molecule has 3 aliphatic heterocycles. The molecule has 0 unspecified atom stereocenters. The minimum atomic E-state index is -2.43. The Kier molecular flexibility index (Phi) is 17.3. The van der Waals surface area contributed by atoms with E-state index in [1.165, 1.54) is 19.0 Å². The van der Waals surface area contributed by atoms with E-state index >= 15 is 0 Å². The van der Waals surface area contributed by atoms with Gasteiger partial charge in [-0.05, 0) is 40.0 Å². The van der Waals surface area contributed by atoms with E-state index in [2.05, 4.69) is 60.8 Å². The predicted octanol–water partition coefficient (Wildman–Crippen LogP) is -1.25. The van der Waals surface area contributed by atoms with Gasteiger partial charge in [-0.15, -0.1) is 0 Å². The van der Waals surface area contributed by atoms with Crippen molar-refractivity contribution in [1.82, 2.24) is 60.8 Å². The van der Waals surface area contributed by atoms with Gasteiger partial charge in [-0.1, -0.05) is 0 Å². The van der Waals surface area contributed by atoms with E-state index in [1.807, 2.05) is 0 Å². The molecule has 15 N–H and O–H groups in total. The quantitative estimate of drug-likeness (QED) is 0.0534. The third-order valence-corrected chi connectivity index (χ3v) is 14.5. The average Bonchev–Trinajstić information content (AvgIpc) is 4.17. The summed E-state index contributed by atoms with van der Waals surface area (Å²) in [7, 11) is -7.15. The number of nitrogens with one attached hydrogen (secondary N) is 9. The molecule has 0 saturated carbocycles. The van der Waals surface area contributed by atoms with Crippen molar-refractivity contribution < 1.29 is 58.5 Å². The number of aromatic nitrogens is 9. The van der Waals surface area contributed by atoms with Gasteiger partial charge >= 0.3 is 0 Å². The summed E-state index contributed by atoms with van der Waals surface area (Å²) in [5.74, 6) is 0. The number of aliphatic hydroxyl groups excluding tert-OH is 6. The number of fused-ring (bicyclic) bond motifs is 3. The van der Waals surface area contributed by atoms with Crippen molar-refractivity contribution in [3.05, 3.63) is 85.3 Å². The van der Waals surface area contributed by atoms with Gasteiger partial charge in [0.2, 0.25) is 0 Å². The van der Waals surface area contributed by atoms with Crippen LogP contribution in [-0.2, 0) is 27.9 Å². The van der Waals surface area contributed by atoms with Crippen molar-refractivity contribution >= 4 is 54.5 Å². The first-order valence-electron chi connectivity index (χ1n) is 22.7. The second kappa shape index (κ2) is 22.5. The number of aliphatic hydroxyl groups is 6. The van der Waals surface area contributed by atoms with Gasteiger partial charge in [0.15, 0.2) is 0 Å². The van der Waals surface area contributed by atoms with Crippen LogP contribution in [0.3, 0.4) is 0 Å². The van der Waals surface area contributed by atoms with Crippen molar-refractivity contribution in [3.63, 3.8) is 0 Å². The van der Waals surface area contributed by atoms with E-state index in [4.69, 9.17) is 14.2 Å². The first kappa shape index (κ1) is 55.2. The molecule has 396 valence electrons. The van der Waals surface area contributed by atoms with Crippen LogP contribution in [0.1, 0.15) is 34.8 Å². The fourth-order valence-electron chi connectivity index (χ4n) is 8.81. The van der Waals surface area contributed by atoms with Crippen LogP contribution >= 0.6 is 21.4 Å². The summed E-state index contributed by atoms with van der Waals surface area (Å²) in [6.45, 7) is 9.26. The molecular formula is C42H63N12O15P3. The molecule has 0 aromatic carbocycles. The summed E-state index contributed by atoms with van der Waals surface area (Å²) in [6, 6.07) is -3.26. The lowest BCUT2D eigenvalue weighted by atomic mass is 10.0. The minimum Gasteiger partial charge on any atom is -0.395 e. The Labute approximate surface area is 409 Å². The number of aromatic amines is 6. The predicted molar refractivity (Wildman–Crippen MR) is 266 cm³/mol. The molecule has 3 fully saturated rings. The summed E-state index contributed by atoms with van der Waals surface area (Å²) in [5.41, 5.74) is 3.27. The summed E-state index contributed by atoms with van der Waals surface area (Å²) in [4.78, 5) is 63.8. The van der Waals surface area contributed by atoms with Gasteiger partial charge in [0.1, 0.15) is 78.9 Å². The Hall–Kier alpha value is -4.53. The molecule has 0 bridgehead atoms. The molecule has 6 aromatic heterocycles. The van der Waals surface area contributed by atoms with Crippen LogP contribution in [0.5, 0.6) is 0 Å². The summed E-state index contributed by atoms with van der Waals surface area (Å²) in [6.07, 6.45) is 3.38. The van der Waals surface area contributed by atoms with E-state index in [1.54, 1.807) is 58.6 Å². The smallest absolute Gasteiger partial charge is 0.275 e. The van der Waals surface area contributed by atoms with Crippen LogP contribution in [0.25, 0.3) is 33.1 Å². The van der Waals surface area contributed by atoms with Gasteiger partial charge < -0.3 is 104 Å². The lowest BCUT2D eigenvalue weighted by Gasteiger charge is -2.23. The molecule has 0 radical (unpaired) electrons. The Morgan fingerprint density at radius 3 is 1.31 bits per heavy atom. The molecule has 0 spiro atoms. The largest absolute Gasteiger partial charge is 0.395 e. The second-order valence-corrected chi connectivity index (χ2v) is 29.6. The van der Waals surface area contributed by atoms with Crippen LogP contribution in [0.4, 0.5) is 0 Å². The summed E-state index contributed by atoms with van der Waals surface area (Å²) >= 11 is 0. The molecule has 12 atom stereocenters. The Balaban J connectivity index is 0.000000158. The fraction of sp³-hybridized carbons (Fsp3) is 0.571. The number of ether oxygens (including phenoxy) is 3. The highest BCUT2D eigenvalue weighted by Crippen LogP contribution is 2.41.